The van der Waals surface area contributed by atoms with Crippen molar-refractivity contribution in [2.45, 2.75) is 12.5 Å². The highest BCUT2D eigenvalue weighted by Crippen LogP contribution is 2.34. The van der Waals surface area contributed by atoms with Gasteiger partial charge < -0.3 is 9.84 Å². The predicted octanol–water partition coefficient (Wildman–Crippen LogP) is 3.60. The normalized spacial score (nSPS) is 14.0. The van der Waals surface area contributed by atoms with Crippen molar-refractivity contribution in [3.63, 3.8) is 0 Å². The molecule has 2 rings (SSSR count). The van der Waals surface area contributed by atoms with Crippen LogP contribution < -0.4 is 4.74 Å². The van der Waals surface area contributed by atoms with Crippen LogP contribution in [0.3, 0.4) is 0 Å². The molecule has 3 heteroatoms. The van der Waals surface area contributed by atoms with E-state index in [1.807, 2.05) is 42.5 Å². The summed E-state index contributed by atoms with van der Waals surface area (Å²) in [4.78, 5) is 0. The molecule has 0 radical (unpaired) electrons. The highest BCUT2D eigenvalue weighted by atomic mass is 35.5. The molecule has 2 nitrogen and oxygen atoms in total. The van der Waals surface area contributed by atoms with Gasteiger partial charge in [0.15, 0.2) is 0 Å². The maximum absolute atomic E-state index is 10.7. The highest BCUT2D eigenvalue weighted by Gasteiger charge is 2.27. The van der Waals surface area contributed by atoms with Crippen molar-refractivity contribution in [1.82, 2.24) is 0 Å². The Kier molecular flexibility index (Phi) is 3.60. The van der Waals surface area contributed by atoms with Gasteiger partial charge in [0.05, 0.1) is 7.11 Å². The van der Waals surface area contributed by atoms with E-state index >= 15 is 0 Å². The molecule has 0 amide bonds. The number of hydrogen-bond acceptors (Lipinski definition) is 2. The lowest BCUT2D eigenvalue weighted by Gasteiger charge is -2.25. The fraction of sp³-hybridized carbons (Fsp3) is 0.200. The van der Waals surface area contributed by atoms with E-state index in [4.69, 9.17) is 16.3 Å². The predicted molar refractivity (Wildman–Crippen MR) is 73.1 cm³/mol. The summed E-state index contributed by atoms with van der Waals surface area (Å²) in [6.45, 7) is 1.73. The first-order valence-electron chi connectivity index (χ1n) is 5.67. The molecule has 2 aromatic carbocycles. The second-order valence-electron chi connectivity index (χ2n) is 4.28. The van der Waals surface area contributed by atoms with E-state index < -0.39 is 5.60 Å². The molecule has 0 aromatic heterocycles. The van der Waals surface area contributed by atoms with Crippen LogP contribution in [0, 0.1) is 0 Å². The smallest absolute Gasteiger partial charge is 0.118 e. The lowest BCUT2D eigenvalue weighted by molar-refractivity contribution is 0.102. The van der Waals surface area contributed by atoms with Crippen LogP contribution in [0.2, 0.25) is 5.02 Å². The zero-order chi connectivity index (χ0) is 13.2. The van der Waals surface area contributed by atoms with E-state index in [1.54, 1.807) is 20.1 Å². The molecule has 0 bridgehead atoms. The summed E-state index contributed by atoms with van der Waals surface area (Å²) in [5, 5.41) is 11.2. The minimum Gasteiger partial charge on any atom is -0.497 e. The summed E-state index contributed by atoms with van der Waals surface area (Å²) in [7, 11) is 1.61. The summed E-state index contributed by atoms with van der Waals surface area (Å²) in [5.74, 6) is 0.758. The number of benzene rings is 2. The Morgan fingerprint density at radius 2 is 1.67 bits per heavy atom. The molecule has 0 aliphatic rings. The average molecular weight is 263 g/mol. The summed E-state index contributed by atoms with van der Waals surface area (Å²) < 4.78 is 5.10. The fourth-order valence-corrected chi connectivity index (χ4v) is 2.25. The maximum Gasteiger partial charge on any atom is 0.118 e. The van der Waals surface area contributed by atoms with Gasteiger partial charge in [0.25, 0.3) is 0 Å². The molecule has 0 saturated carbocycles. The van der Waals surface area contributed by atoms with Gasteiger partial charge in [-0.2, -0.15) is 0 Å². The van der Waals surface area contributed by atoms with Crippen LogP contribution in [0.4, 0.5) is 0 Å². The molecule has 0 aliphatic carbocycles. The van der Waals surface area contributed by atoms with Crippen molar-refractivity contribution in [2.75, 3.05) is 7.11 Å². The minimum atomic E-state index is -1.12. The van der Waals surface area contributed by atoms with Crippen molar-refractivity contribution in [1.29, 1.82) is 0 Å². The zero-order valence-electron chi connectivity index (χ0n) is 10.4. The molecular weight excluding hydrogens is 248 g/mol. The topological polar surface area (TPSA) is 29.5 Å². The van der Waals surface area contributed by atoms with E-state index in [0.29, 0.717) is 10.6 Å². The summed E-state index contributed by atoms with van der Waals surface area (Å²) in [5.41, 5.74) is 0.346. The van der Waals surface area contributed by atoms with E-state index in [-0.39, 0.29) is 0 Å². The van der Waals surface area contributed by atoms with Gasteiger partial charge in [-0.15, -0.1) is 0 Å². The van der Waals surface area contributed by atoms with Gasteiger partial charge in [0.1, 0.15) is 11.4 Å². The fourth-order valence-electron chi connectivity index (χ4n) is 1.93. The molecular formula is C15H15ClO2. The molecule has 0 fully saturated rings. The van der Waals surface area contributed by atoms with E-state index in [1.165, 1.54) is 0 Å². The van der Waals surface area contributed by atoms with Crippen LogP contribution in [-0.2, 0) is 5.60 Å². The number of methoxy groups -OCH3 is 1. The summed E-state index contributed by atoms with van der Waals surface area (Å²) in [6, 6.07) is 14.6. The third-order valence-corrected chi connectivity index (χ3v) is 3.38. The van der Waals surface area contributed by atoms with Gasteiger partial charge >= 0.3 is 0 Å². The first-order chi connectivity index (χ1) is 8.55. The van der Waals surface area contributed by atoms with Gasteiger partial charge in [0.2, 0.25) is 0 Å². The molecule has 0 saturated heterocycles. The van der Waals surface area contributed by atoms with Crippen molar-refractivity contribution in [2.24, 2.45) is 0 Å². The van der Waals surface area contributed by atoms with E-state index in [2.05, 4.69) is 0 Å². The van der Waals surface area contributed by atoms with Crippen LogP contribution >= 0.6 is 11.6 Å². The SMILES string of the molecule is COc1ccc([C@](C)(O)c2ccccc2Cl)cc1. The standard InChI is InChI=1S/C15H15ClO2/c1-15(17,13-5-3-4-6-14(13)16)11-7-9-12(18-2)10-8-11/h3-10,17H,1-2H3/t15-/m0/s1. The molecule has 2 aromatic rings. The molecule has 0 aliphatic heterocycles. The van der Waals surface area contributed by atoms with Crippen LogP contribution in [0.25, 0.3) is 0 Å². The summed E-state index contributed by atoms with van der Waals surface area (Å²) in [6.07, 6.45) is 0. The Bertz CT molecular complexity index is 532. The molecule has 94 valence electrons. The zero-order valence-corrected chi connectivity index (χ0v) is 11.1. The minimum absolute atomic E-state index is 0.554. The number of halogens is 1. The van der Waals surface area contributed by atoms with Gasteiger partial charge in [-0.05, 0) is 30.7 Å². The van der Waals surface area contributed by atoms with Gasteiger partial charge in [-0.1, -0.05) is 41.9 Å². The van der Waals surface area contributed by atoms with Crippen molar-refractivity contribution >= 4 is 11.6 Å². The number of ether oxygens (including phenoxy) is 1. The van der Waals surface area contributed by atoms with Crippen molar-refractivity contribution in [3.05, 3.63) is 64.7 Å². The van der Waals surface area contributed by atoms with Gasteiger partial charge in [0, 0.05) is 10.6 Å². The molecule has 0 unspecified atom stereocenters. The van der Waals surface area contributed by atoms with Crippen LogP contribution in [0.5, 0.6) is 5.75 Å². The van der Waals surface area contributed by atoms with Crippen molar-refractivity contribution < 1.29 is 9.84 Å². The second kappa shape index (κ2) is 5.01. The molecule has 18 heavy (non-hydrogen) atoms. The number of rotatable bonds is 3. The van der Waals surface area contributed by atoms with E-state index in [0.717, 1.165) is 11.3 Å². The molecule has 1 N–H and O–H groups in total. The monoisotopic (exact) mass is 262 g/mol. The number of aliphatic hydroxyl groups is 1. The van der Waals surface area contributed by atoms with Crippen LogP contribution in [0.1, 0.15) is 18.1 Å². The largest absolute Gasteiger partial charge is 0.497 e. The Balaban J connectivity index is 2.44. The van der Waals surface area contributed by atoms with E-state index in [9.17, 15) is 5.11 Å². The summed E-state index contributed by atoms with van der Waals surface area (Å²) >= 11 is 6.13. The maximum atomic E-state index is 10.7. The molecule has 1 atom stereocenters. The van der Waals surface area contributed by atoms with Crippen LogP contribution in [-0.4, -0.2) is 12.2 Å². The molecule has 0 spiro atoms. The Morgan fingerprint density at radius 3 is 2.22 bits per heavy atom. The quantitative estimate of drug-likeness (QED) is 0.916. The van der Waals surface area contributed by atoms with Crippen LogP contribution in [0.15, 0.2) is 48.5 Å². The van der Waals surface area contributed by atoms with Gasteiger partial charge in [-0.3, -0.25) is 0 Å². The second-order valence-corrected chi connectivity index (χ2v) is 4.69. The Labute approximate surface area is 112 Å². The third kappa shape index (κ3) is 2.35. The lowest BCUT2D eigenvalue weighted by atomic mass is 9.88. The lowest BCUT2D eigenvalue weighted by Crippen LogP contribution is -2.23. The molecule has 0 heterocycles. The third-order valence-electron chi connectivity index (χ3n) is 3.05. The number of hydrogen-bond donors (Lipinski definition) is 1. The van der Waals surface area contributed by atoms with Gasteiger partial charge in [-0.25, -0.2) is 0 Å². The Morgan fingerprint density at radius 1 is 1.06 bits per heavy atom. The first kappa shape index (κ1) is 12.9. The average Bonchev–Trinajstić information content (AvgIpc) is 2.39. The van der Waals surface area contributed by atoms with Crippen molar-refractivity contribution in [3.8, 4) is 5.75 Å². The highest BCUT2D eigenvalue weighted by molar-refractivity contribution is 6.31. The Hall–Kier alpha value is -1.51. The first-order valence-corrected chi connectivity index (χ1v) is 6.05.